The number of fused-ring (bicyclic) bond motifs is 1. The van der Waals surface area contributed by atoms with E-state index >= 15 is 0 Å². The van der Waals surface area contributed by atoms with Gasteiger partial charge in [0, 0.05) is 11.5 Å². The molecule has 0 atom stereocenters. The Morgan fingerprint density at radius 2 is 2.32 bits per heavy atom. The molecule has 0 unspecified atom stereocenters. The number of benzene rings is 1. The molecule has 2 heterocycles. The average Bonchev–Trinajstić information content (AvgIpc) is 3.03. The maximum Gasteiger partial charge on any atom is 0.181 e. The lowest BCUT2D eigenvalue weighted by atomic mass is 10.1. The zero-order valence-electron chi connectivity index (χ0n) is 9.94. The number of rotatable bonds is 3. The van der Waals surface area contributed by atoms with Crippen molar-refractivity contribution in [1.29, 1.82) is 0 Å². The molecule has 3 rings (SSSR count). The van der Waals surface area contributed by atoms with Gasteiger partial charge in [0.25, 0.3) is 0 Å². The van der Waals surface area contributed by atoms with Crippen LogP contribution in [0.5, 0.6) is 5.75 Å². The highest BCUT2D eigenvalue weighted by molar-refractivity contribution is 9.10. The highest BCUT2D eigenvalue weighted by Gasteiger charge is 2.15. The highest BCUT2D eigenvalue weighted by Crippen LogP contribution is 2.36. The summed E-state index contributed by atoms with van der Waals surface area (Å²) in [5, 5.41) is 0.800. The quantitative estimate of drug-likeness (QED) is 0.751. The number of aromatic nitrogens is 2. The van der Waals surface area contributed by atoms with Gasteiger partial charge >= 0.3 is 0 Å². The van der Waals surface area contributed by atoms with E-state index in [9.17, 15) is 4.79 Å². The van der Waals surface area contributed by atoms with Gasteiger partial charge in [-0.15, -0.1) is 0 Å². The first kappa shape index (κ1) is 12.0. The van der Waals surface area contributed by atoms with E-state index in [2.05, 4.69) is 25.9 Å². The number of oxazole rings is 1. The smallest absolute Gasteiger partial charge is 0.181 e. The number of aldehydes is 1. The maximum atomic E-state index is 11.1. The van der Waals surface area contributed by atoms with E-state index in [4.69, 9.17) is 9.15 Å². The second-order valence-electron chi connectivity index (χ2n) is 3.93. The summed E-state index contributed by atoms with van der Waals surface area (Å²) in [5.41, 5.74) is 2.13. The maximum absolute atomic E-state index is 11.1. The van der Waals surface area contributed by atoms with Gasteiger partial charge in [-0.1, -0.05) is 0 Å². The summed E-state index contributed by atoms with van der Waals surface area (Å²) >= 11 is 3.33. The lowest BCUT2D eigenvalue weighted by Gasteiger charge is -2.06. The molecule has 0 aliphatic rings. The zero-order chi connectivity index (χ0) is 13.4. The van der Waals surface area contributed by atoms with Gasteiger partial charge in [-0.05, 0) is 22.0 Å². The Hall–Kier alpha value is -2.08. The van der Waals surface area contributed by atoms with Gasteiger partial charge in [0.15, 0.2) is 18.4 Å². The van der Waals surface area contributed by atoms with Crippen LogP contribution in [0.4, 0.5) is 0 Å². The van der Waals surface area contributed by atoms with Gasteiger partial charge in [-0.3, -0.25) is 4.79 Å². The van der Waals surface area contributed by atoms with Crippen LogP contribution in [0.15, 0.2) is 33.7 Å². The van der Waals surface area contributed by atoms with Crippen LogP contribution in [0.1, 0.15) is 10.4 Å². The molecular formula is C13H9BrN2O3. The molecule has 5 nitrogen and oxygen atoms in total. The van der Waals surface area contributed by atoms with Crippen LogP contribution in [0, 0.1) is 0 Å². The molecule has 0 fully saturated rings. The van der Waals surface area contributed by atoms with Crippen molar-refractivity contribution in [2.24, 2.45) is 0 Å². The van der Waals surface area contributed by atoms with Crippen LogP contribution in [0.25, 0.3) is 22.2 Å². The van der Waals surface area contributed by atoms with Gasteiger partial charge < -0.3 is 14.1 Å². The molecule has 2 aromatic heterocycles. The Kier molecular flexibility index (Phi) is 2.87. The number of ether oxygens (including phenoxy) is 1. The third kappa shape index (κ3) is 1.84. The number of nitrogens with zero attached hydrogens (tertiary/aromatic N) is 1. The molecule has 0 saturated heterocycles. The number of hydrogen-bond donors (Lipinski definition) is 1. The zero-order valence-corrected chi connectivity index (χ0v) is 11.5. The molecule has 0 bridgehead atoms. The predicted octanol–water partition coefficient (Wildman–Crippen LogP) is 3.41. The largest absolute Gasteiger partial charge is 0.496 e. The molecule has 6 heteroatoms. The summed E-state index contributed by atoms with van der Waals surface area (Å²) in [5.74, 6) is 1.24. The lowest BCUT2D eigenvalue weighted by molar-refractivity contribution is 0.112. The Balaban J connectivity index is 2.34. The normalized spacial score (nSPS) is 10.8. The number of aromatic amines is 1. The van der Waals surface area contributed by atoms with Gasteiger partial charge in [0.05, 0.1) is 34.6 Å². The van der Waals surface area contributed by atoms with E-state index in [0.717, 1.165) is 22.8 Å². The van der Waals surface area contributed by atoms with Crippen molar-refractivity contribution >= 4 is 33.1 Å². The number of nitrogens with one attached hydrogen (secondary N) is 1. The SMILES string of the molecule is COc1cc2[nH]c(Br)c(C=O)c2cc1-c1cnco1. The van der Waals surface area contributed by atoms with E-state index in [0.29, 0.717) is 21.7 Å². The number of hydrogen-bond acceptors (Lipinski definition) is 4. The fourth-order valence-corrected chi connectivity index (χ4v) is 2.56. The van der Waals surface area contributed by atoms with E-state index < -0.39 is 0 Å². The fraction of sp³-hybridized carbons (Fsp3) is 0.0769. The lowest BCUT2D eigenvalue weighted by Crippen LogP contribution is -1.88. The Morgan fingerprint density at radius 1 is 1.47 bits per heavy atom. The molecule has 0 saturated carbocycles. The monoisotopic (exact) mass is 320 g/mol. The van der Waals surface area contributed by atoms with Crippen molar-refractivity contribution in [2.75, 3.05) is 7.11 Å². The number of carbonyl (C=O) groups is 1. The minimum Gasteiger partial charge on any atom is -0.496 e. The van der Waals surface area contributed by atoms with Crippen LogP contribution >= 0.6 is 15.9 Å². The molecule has 0 aliphatic heterocycles. The molecule has 19 heavy (non-hydrogen) atoms. The number of H-pyrrole nitrogens is 1. The summed E-state index contributed by atoms with van der Waals surface area (Å²) in [4.78, 5) is 18.1. The predicted molar refractivity (Wildman–Crippen MR) is 73.4 cm³/mol. The topological polar surface area (TPSA) is 68.1 Å². The van der Waals surface area contributed by atoms with E-state index in [-0.39, 0.29) is 0 Å². The molecule has 96 valence electrons. The van der Waals surface area contributed by atoms with Crippen molar-refractivity contribution in [2.45, 2.75) is 0 Å². The summed E-state index contributed by atoms with van der Waals surface area (Å²) in [7, 11) is 1.58. The van der Waals surface area contributed by atoms with Crippen LogP contribution < -0.4 is 4.74 Å². The molecule has 0 aliphatic carbocycles. The van der Waals surface area contributed by atoms with Crippen LogP contribution in [-0.2, 0) is 0 Å². The molecular weight excluding hydrogens is 312 g/mol. The van der Waals surface area contributed by atoms with Crippen molar-refractivity contribution in [1.82, 2.24) is 9.97 Å². The van der Waals surface area contributed by atoms with Crippen LogP contribution in [0.3, 0.4) is 0 Å². The van der Waals surface area contributed by atoms with Crippen molar-refractivity contribution in [3.63, 3.8) is 0 Å². The fourth-order valence-electron chi connectivity index (χ4n) is 2.04. The highest BCUT2D eigenvalue weighted by atomic mass is 79.9. The molecule has 1 N–H and O–H groups in total. The van der Waals surface area contributed by atoms with Crippen molar-refractivity contribution in [3.8, 4) is 17.1 Å². The number of methoxy groups -OCH3 is 1. The van der Waals surface area contributed by atoms with Crippen LogP contribution in [-0.4, -0.2) is 23.4 Å². The number of carbonyl (C=O) groups excluding carboxylic acids is 1. The van der Waals surface area contributed by atoms with Crippen molar-refractivity contribution in [3.05, 3.63) is 34.9 Å². The number of halogens is 1. The van der Waals surface area contributed by atoms with Gasteiger partial charge in [0.2, 0.25) is 0 Å². The minimum atomic E-state index is 0.568. The van der Waals surface area contributed by atoms with E-state index in [1.54, 1.807) is 13.3 Å². The standard InChI is InChI=1S/C13H9BrN2O3/c1-18-11-3-10-7(9(5-17)13(14)16-10)2-8(11)12-4-15-6-19-12/h2-6,16H,1H3. The molecule has 0 radical (unpaired) electrons. The van der Waals surface area contributed by atoms with Gasteiger partial charge in [-0.25, -0.2) is 4.98 Å². The first-order valence-corrected chi connectivity index (χ1v) is 6.27. The molecule has 0 amide bonds. The Bertz CT molecular complexity index is 747. The minimum absolute atomic E-state index is 0.568. The van der Waals surface area contributed by atoms with E-state index in [1.165, 1.54) is 6.39 Å². The van der Waals surface area contributed by atoms with Crippen molar-refractivity contribution < 1.29 is 13.9 Å². The second-order valence-corrected chi connectivity index (χ2v) is 4.73. The second kappa shape index (κ2) is 4.55. The first-order chi connectivity index (χ1) is 9.24. The van der Waals surface area contributed by atoms with E-state index in [1.807, 2.05) is 12.1 Å². The molecule has 0 spiro atoms. The third-order valence-electron chi connectivity index (χ3n) is 2.93. The first-order valence-electron chi connectivity index (χ1n) is 5.48. The Labute approximate surface area is 116 Å². The summed E-state index contributed by atoms with van der Waals surface area (Å²) in [6, 6.07) is 3.67. The average molecular weight is 321 g/mol. The van der Waals surface area contributed by atoms with Gasteiger partial charge in [0.1, 0.15) is 5.75 Å². The Morgan fingerprint density at radius 3 is 2.95 bits per heavy atom. The summed E-state index contributed by atoms with van der Waals surface area (Å²) in [6.45, 7) is 0. The summed E-state index contributed by atoms with van der Waals surface area (Å²) < 4.78 is 11.3. The third-order valence-corrected chi connectivity index (χ3v) is 3.55. The summed E-state index contributed by atoms with van der Waals surface area (Å²) in [6.07, 6.45) is 3.76. The molecule has 1 aromatic carbocycles. The molecule has 3 aromatic rings. The van der Waals surface area contributed by atoms with Gasteiger partial charge in [-0.2, -0.15) is 0 Å². The van der Waals surface area contributed by atoms with Crippen LogP contribution in [0.2, 0.25) is 0 Å².